The average molecular weight is 542 g/mol. The van der Waals surface area contributed by atoms with Crippen LogP contribution in [0.4, 0.5) is 24.9 Å². The van der Waals surface area contributed by atoms with Gasteiger partial charge in [0.15, 0.2) is 0 Å². The Morgan fingerprint density at radius 1 is 1.05 bits per heavy atom. The van der Waals surface area contributed by atoms with E-state index in [-0.39, 0.29) is 23.4 Å². The Balaban J connectivity index is 1.69. The van der Waals surface area contributed by atoms with Crippen LogP contribution in [0, 0.1) is 11.3 Å². The van der Waals surface area contributed by atoms with Crippen molar-refractivity contribution >= 4 is 11.8 Å². The van der Waals surface area contributed by atoms with Crippen LogP contribution >= 0.6 is 0 Å². The largest absolute Gasteiger partial charge is 0.420 e. The molecule has 0 radical (unpaired) electrons. The minimum Gasteiger partial charge on any atom is -0.353 e. The zero-order valence-corrected chi connectivity index (χ0v) is 22.5. The number of aromatic nitrogens is 5. The van der Waals surface area contributed by atoms with Crippen LogP contribution in [0.15, 0.2) is 31.0 Å². The quantitative estimate of drug-likeness (QED) is 0.377. The predicted molar refractivity (Wildman–Crippen MR) is 144 cm³/mol. The van der Waals surface area contributed by atoms with Gasteiger partial charge in [0, 0.05) is 50.8 Å². The lowest BCUT2D eigenvalue weighted by molar-refractivity contribution is -0.137. The molecule has 0 atom stereocenters. The Labute approximate surface area is 226 Å². The SMILES string of the molecule is CCCC(CCC)Nc1ncc(C(F)(F)F)c(-c2cn(-c3ccnc(N4CCN(CC)CC4)c3C#N)cn2)n1. The molecule has 3 aromatic rings. The summed E-state index contributed by atoms with van der Waals surface area (Å²) in [4.78, 5) is 21.3. The van der Waals surface area contributed by atoms with Crippen molar-refractivity contribution in [1.29, 1.82) is 5.26 Å². The van der Waals surface area contributed by atoms with Crippen molar-refractivity contribution in [2.45, 2.75) is 58.7 Å². The lowest BCUT2D eigenvalue weighted by Crippen LogP contribution is -2.46. The molecule has 0 saturated carbocycles. The third kappa shape index (κ3) is 6.47. The molecule has 0 bridgehead atoms. The molecule has 4 heterocycles. The molecule has 1 fully saturated rings. The minimum atomic E-state index is -4.66. The number of hydrogen-bond acceptors (Lipinski definition) is 8. The Morgan fingerprint density at radius 3 is 2.38 bits per heavy atom. The standard InChI is InChI=1S/C27H34F3N9/c1-4-7-19(8-5-2)35-26-33-16-21(27(28,29)30)24(36-26)22-17-39(18-34-22)23-9-10-32-25(20(23)15-31)38-13-11-37(6-3)12-14-38/h9-10,16-19H,4-8,11-14H2,1-3H3,(H,33,35,36). The number of hydrogen-bond donors (Lipinski definition) is 1. The van der Waals surface area contributed by atoms with Gasteiger partial charge in [-0.3, -0.25) is 0 Å². The molecule has 9 nitrogen and oxygen atoms in total. The van der Waals surface area contributed by atoms with Crippen LogP contribution in [0.5, 0.6) is 0 Å². The van der Waals surface area contributed by atoms with E-state index in [0.29, 0.717) is 17.1 Å². The first kappa shape index (κ1) is 28.3. The molecule has 3 aromatic heterocycles. The number of pyridine rings is 1. The summed E-state index contributed by atoms with van der Waals surface area (Å²) in [7, 11) is 0. The first-order valence-corrected chi connectivity index (χ1v) is 13.4. The van der Waals surface area contributed by atoms with E-state index in [1.165, 1.54) is 12.5 Å². The molecule has 0 aliphatic carbocycles. The fourth-order valence-corrected chi connectivity index (χ4v) is 4.88. The molecular weight excluding hydrogens is 507 g/mol. The Hall–Kier alpha value is -3.72. The molecule has 12 heteroatoms. The normalized spacial score (nSPS) is 14.6. The van der Waals surface area contributed by atoms with Crippen molar-refractivity contribution in [2.75, 3.05) is 42.9 Å². The molecule has 39 heavy (non-hydrogen) atoms. The molecule has 0 amide bonds. The van der Waals surface area contributed by atoms with Gasteiger partial charge in [-0.15, -0.1) is 0 Å². The Kier molecular flexibility index (Phi) is 9.01. The molecular formula is C27H34F3N9. The lowest BCUT2D eigenvalue weighted by Gasteiger charge is -2.35. The highest BCUT2D eigenvalue weighted by Crippen LogP contribution is 2.36. The Bertz CT molecular complexity index is 1280. The van der Waals surface area contributed by atoms with Gasteiger partial charge in [-0.2, -0.15) is 18.4 Å². The monoisotopic (exact) mass is 541 g/mol. The van der Waals surface area contributed by atoms with E-state index in [9.17, 15) is 18.4 Å². The Morgan fingerprint density at radius 2 is 1.77 bits per heavy atom. The van der Waals surface area contributed by atoms with Crippen LogP contribution in [0.1, 0.15) is 57.6 Å². The van der Waals surface area contributed by atoms with Crippen molar-refractivity contribution in [3.8, 4) is 23.1 Å². The summed E-state index contributed by atoms with van der Waals surface area (Å²) in [5, 5.41) is 13.2. The van der Waals surface area contributed by atoms with E-state index < -0.39 is 11.7 Å². The van der Waals surface area contributed by atoms with Crippen LogP contribution in [0.3, 0.4) is 0 Å². The van der Waals surface area contributed by atoms with Crippen LogP contribution in [-0.2, 0) is 6.18 Å². The summed E-state index contributed by atoms with van der Waals surface area (Å²) in [6, 6.07) is 3.97. The van der Waals surface area contributed by atoms with E-state index in [0.717, 1.165) is 64.6 Å². The van der Waals surface area contributed by atoms with E-state index in [1.807, 2.05) is 0 Å². The fourth-order valence-electron chi connectivity index (χ4n) is 4.88. The molecule has 0 spiro atoms. The van der Waals surface area contributed by atoms with E-state index in [1.54, 1.807) is 16.8 Å². The van der Waals surface area contributed by atoms with Crippen LogP contribution in [0.25, 0.3) is 17.1 Å². The number of imidazole rings is 1. The molecule has 1 N–H and O–H groups in total. The number of likely N-dealkylation sites (N-methyl/N-ethyl adjacent to an activating group) is 1. The number of halogens is 3. The van der Waals surface area contributed by atoms with Crippen molar-refractivity contribution in [3.05, 3.63) is 42.1 Å². The fraction of sp³-hybridized carbons (Fsp3) is 0.519. The van der Waals surface area contributed by atoms with Crippen LogP contribution in [0.2, 0.25) is 0 Å². The highest BCUT2D eigenvalue weighted by Gasteiger charge is 2.36. The predicted octanol–water partition coefficient (Wildman–Crippen LogP) is 5.14. The highest BCUT2D eigenvalue weighted by atomic mass is 19.4. The smallest absolute Gasteiger partial charge is 0.353 e. The maximum atomic E-state index is 13.9. The van der Waals surface area contributed by atoms with Gasteiger partial charge in [-0.05, 0) is 25.5 Å². The van der Waals surface area contributed by atoms with Crippen molar-refractivity contribution in [2.24, 2.45) is 0 Å². The van der Waals surface area contributed by atoms with Gasteiger partial charge < -0.3 is 19.7 Å². The van der Waals surface area contributed by atoms with Gasteiger partial charge in [0.1, 0.15) is 40.7 Å². The molecule has 0 aromatic carbocycles. The third-order valence-electron chi connectivity index (χ3n) is 6.94. The molecule has 1 aliphatic rings. The average Bonchev–Trinajstić information content (AvgIpc) is 3.42. The zero-order valence-electron chi connectivity index (χ0n) is 22.5. The van der Waals surface area contributed by atoms with Crippen LogP contribution < -0.4 is 10.2 Å². The maximum absolute atomic E-state index is 13.9. The minimum absolute atomic E-state index is 0.0362. The van der Waals surface area contributed by atoms with Gasteiger partial charge in [0.05, 0.1) is 5.69 Å². The van der Waals surface area contributed by atoms with Crippen molar-refractivity contribution < 1.29 is 13.2 Å². The summed E-state index contributed by atoms with van der Waals surface area (Å²) < 4.78 is 43.4. The number of rotatable bonds is 10. The first-order chi connectivity index (χ1) is 18.8. The van der Waals surface area contributed by atoms with Crippen molar-refractivity contribution in [3.63, 3.8) is 0 Å². The number of anilines is 2. The van der Waals surface area contributed by atoms with Gasteiger partial charge in [0.25, 0.3) is 0 Å². The third-order valence-corrected chi connectivity index (χ3v) is 6.94. The van der Waals surface area contributed by atoms with E-state index >= 15 is 0 Å². The summed E-state index contributed by atoms with van der Waals surface area (Å²) >= 11 is 0. The van der Waals surface area contributed by atoms with E-state index in [2.05, 4.69) is 61.9 Å². The number of nitrogens with one attached hydrogen (secondary N) is 1. The topological polar surface area (TPSA) is 98.8 Å². The van der Waals surface area contributed by atoms with Gasteiger partial charge in [-0.25, -0.2) is 19.9 Å². The summed E-state index contributed by atoms with van der Waals surface area (Å²) in [6.45, 7) is 10.4. The summed E-state index contributed by atoms with van der Waals surface area (Å²) in [5.41, 5.74) is -0.408. The summed E-state index contributed by atoms with van der Waals surface area (Å²) in [6.07, 6.45) is 4.19. The number of nitrogens with zero attached hydrogens (tertiary/aromatic N) is 8. The maximum Gasteiger partial charge on any atom is 0.420 e. The van der Waals surface area contributed by atoms with Crippen molar-refractivity contribution in [1.82, 2.24) is 29.4 Å². The number of piperazine rings is 1. The first-order valence-electron chi connectivity index (χ1n) is 13.4. The second kappa shape index (κ2) is 12.4. The lowest BCUT2D eigenvalue weighted by atomic mass is 10.1. The summed E-state index contributed by atoms with van der Waals surface area (Å²) in [5.74, 6) is 0.693. The molecule has 0 unspecified atom stereocenters. The second-order valence-electron chi connectivity index (χ2n) is 9.60. The van der Waals surface area contributed by atoms with Gasteiger partial charge >= 0.3 is 6.18 Å². The van der Waals surface area contributed by atoms with Gasteiger partial charge in [0.2, 0.25) is 5.95 Å². The zero-order chi connectivity index (χ0) is 28.0. The van der Waals surface area contributed by atoms with Crippen LogP contribution in [-0.4, -0.2) is 68.2 Å². The molecule has 1 aliphatic heterocycles. The molecule has 4 rings (SSSR count). The molecule has 208 valence electrons. The number of alkyl halides is 3. The van der Waals surface area contributed by atoms with Gasteiger partial charge in [-0.1, -0.05) is 33.6 Å². The highest BCUT2D eigenvalue weighted by molar-refractivity contribution is 5.66. The van der Waals surface area contributed by atoms with E-state index in [4.69, 9.17) is 0 Å². The molecule has 1 saturated heterocycles. The second-order valence-corrected chi connectivity index (χ2v) is 9.60. The number of nitriles is 1.